The number of carbonyl (C=O) groups is 1. The Morgan fingerprint density at radius 2 is 2.29 bits per heavy atom. The van der Waals surface area contributed by atoms with Crippen LogP contribution in [0.15, 0.2) is 27.4 Å². The van der Waals surface area contributed by atoms with Crippen LogP contribution in [0.5, 0.6) is 0 Å². The molecule has 6 heteroatoms. The van der Waals surface area contributed by atoms with Crippen molar-refractivity contribution in [3.05, 3.63) is 34.3 Å². The number of H-pyrrole nitrogens is 1. The smallest absolute Gasteiger partial charge is 0.408 e. The van der Waals surface area contributed by atoms with E-state index < -0.39 is 5.76 Å². The number of aromatic nitrogens is 1. The number of hydrazine groups is 1. The Hall–Kier alpha value is -2.08. The van der Waals surface area contributed by atoms with Crippen molar-refractivity contribution in [2.24, 2.45) is 0 Å². The topological polar surface area (TPSA) is 87.1 Å². The van der Waals surface area contributed by atoms with Gasteiger partial charge in [-0.2, -0.15) is 0 Å². The molecule has 0 saturated carbocycles. The summed E-state index contributed by atoms with van der Waals surface area (Å²) >= 11 is 0. The number of hydrogen-bond donors (Lipinski definition) is 3. The van der Waals surface area contributed by atoms with E-state index in [1.54, 1.807) is 19.2 Å². The van der Waals surface area contributed by atoms with Crippen molar-refractivity contribution >= 4 is 17.0 Å². The largest absolute Gasteiger partial charge is 0.417 e. The highest BCUT2D eigenvalue weighted by Crippen LogP contribution is 2.13. The SMILES string of the molecule is CNNC(=O)CCc1ccc2[nH]c(=O)oc2c1. The summed E-state index contributed by atoms with van der Waals surface area (Å²) < 4.78 is 4.94. The number of oxazole rings is 1. The Morgan fingerprint density at radius 1 is 1.47 bits per heavy atom. The highest BCUT2D eigenvalue weighted by atomic mass is 16.4. The van der Waals surface area contributed by atoms with Crippen LogP contribution >= 0.6 is 0 Å². The van der Waals surface area contributed by atoms with Crippen LogP contribution in [0.25, 0.3) is 11.1 Å². The number of benzene rings is 1. The molecule has 1 heterocycles. The predicted molar refractivity (Wildman–Crippen MR) is 62.4 cm³/mol. The molecule has 0 aliphatic carbocycles. The summed E-state index contributed by atoms with van der Waals surface area (Å²) in [5.74, 6) is -0.548. The van der Waals surface area contributed by atoms with Gasteiger partial charge in [-0.3, -0.25) is 15.2 Å². The van der Waals surface area contributed by atoms with E-state index >= 15 is 0 Å². The van der Waals surface area contributed by atoms with Crippen molar-refractivity contribution in [2.45, 2.75) is 12.8 Å². The first-order chi connectivity index (χ1) is 8.19. The Kier molecular flexibility index (Phi) is 3.24. The zero-order valence-corrected chi connectivity index (χ0v) is 9.37. The van der Waals surface area contributed by atoms with Gasteiger partial charge < -0.3 is 4.42 Å². The average Bonchev–Trinajstić information content (AvgIpc) is 2.66. The molecule has 17 heavy (non-hydrogen) atoms. The molecule has 0 fully saturated rings. The van der Waals surface area contributed by atoms with Crippen LogP contribution in [-0.2, 0) is 11.2 Å². The molecule has 0 bridgehead atoms. The fourth-order valence-corrected chi connectivity index (χ4v) is 1.61. The summed E-state index contributed by atoms with van der Waals surface area (Å²) in [7, 11) is 1.64. The van der Waals surface area contributed by atoms with Gasteiger partial charge in [0.1, 0.15) is 0 Å². The Morgan fingerprint density at radius 3 is 3.06 bits per heavy atom. The third-order valence-corrected chi connectivity index (χ3v) is 2.39. The van der Waals surface area contributed by atoms with Crippen molar-refractivity contribution in [3.63, 3.8) is 0 Å². The molecule has 0 spiro atoms. The van der Waals surface area contributed by atoms with Gasteiger partial charge in [0.05, 0.1) is 5.52 Å². The maximum absolute atomic E-state index is 11.2. The Bertz CT molecular complexity index is 585. The van der Waals surface area contributed by atoms with E-state index in [-0.39, 0.29) is 5.91 Å². The predicted octanol–water partition coefficient (Wildman–Crippen LogP) is 0.304. The first-order valence-corrected chi connectivity index (χ1v) is 5.26. The highest BCUT2D eigenvalue weighted by Gasteiger charge is 2.04. The molecular formula is C11H13N3O3. The molecule has 6 nitrogen and oxygen atoms in total. The Balaban J connectivity index is 2.08. The number of carbonyl (C=O) groups excluding carboxylic acids is 1. The van der Waals surface area contributed by atoms with E-state index in [0.717, 1.165) is 5.56 Å². The number of rotatable bonds is 4. The minimum atomic E-state index is -0.468. The third kappa shape index (κ3) is 2.73. The average molecular weight is 235 g/mol. The summed E-state index contributed by atoms with van der Waals surface area (Å²) in [6, 6.07) is 5.39. The van der Waals surface area contributed by atoms with Gasteiger partial charge in [0.15, 0.2) is 5.58 Å². The lowest BCUT2D eigenvalue weighted by molar-refractivity contribution is -0.121. The first kappa shape index (κ1) is 11.4. The molecule has 0 aliphatic heterocycles. The summed E-state index contributed by atoms with van der Waals surface area (Å²) in [6.07, 6.45) is 0.972. The van der Waals surface area contributed by atoms with Gasteiger partial charge in [-0.15, -0.1) is 0 Å². The van der Waals surface area contributed by atoms with Gasteiger partial charge in [-0.05, 0) is 24.1 Å². The second-order valence-corrected chi connectivity index (χ2v) is 3.64. The number of nitrogens with one attached hydrogen (secondary N) is 3. The van der Waals surface area contributed by atoms with Crippen molar-refractivity contribution in [2.75, 3.05) is 7.05 Å². The second kappa shape index (κ2) is 4.84. The van der Waals surface area contributed by atoms with Crippen LogP contribution in [0.2, 0.25) is 0 Å². The van der Waals surface area contributed by atoms with Gasteiger partial charge in [0.25, 0.3) is 0 Å². The summed E-state index contributed by atoms with van der Waals surface area (Å²) in [6.45, 7) is 0. The van der Waals surface area contributed by atoms with E-state index in [9.17, 15) is 9.59 Å². The quantitative estimate of drug-likeness (QED) is 0.665. The van der Waals surface area contributed by atoms with Crippen molar-refractivity contribution < 1.29 is 9.21 Å². The zero-order valence-electron chi connectivity index (χ0n) is 9.37. The normalized spacial score (nSPS) is 10.6. The lowest BCUT2D eigenvalue weighted by Crippen LogP contribution is -2.34. The molecule has 2 rings (SSSR count). The summed E-state index contributed by atoms with van der Waals surface area (Å²) in [5.41, 5.74) is 7.19. The summed E-state index contributed by atoms with van der Waals surface area (Å²) in [4.78, 5) is 24.7. The van der Waals surface area contributed by atoms with E-state index in [1.165, 1.54) is 0 Å². The molecule has 0 aliphatic rings. The fraction of sp³-hybridized carbons (Fsp3) is 0.273. The van der Waals surface area contributed by atoms with Crippen molar-refractivity contribution in [3.8, 4) is 0 Å². The molecule has 90 valence electrons. The van der Waals surface area contributed by atoms with Gasteiger partial charge in [0, 0.05) is 13.5 Å². The van der Waals surface area contributed by atoms with Crippen LogP contribution in [-0.4, -0.2) is 17.9 Å². The maximum atomic E-state index is 11.2. The summed E-state index contributed by atoms with van der Waals surface area (Å²) in [5, 5.41) is 0. The van der Waals surface area contributed by atoms with E-state index in [4.69, 9.17) is 4.42 Å². The van der Waals surface area contributed by atoms with Gasteiger partial charge in [-0.25, -0.2) is 10.2 Å². The zero-order chi connectivity index (χ0) is 12.3. The maximum Gasteiger partial charge on any atom is 0.417 e. The number of aromatic amines is 1. The first-order valence-electron chi connectivity index (χ1n) is 5.26. The minimum absolute atomic E-state index is 0.0804. The molecule has 3 N–H and O–H groups in total. The molecule has 1 aromatic carbocycles. The number of aryl methyl sites for hydroxylation is 1. The van der Waals surface area contributed by atoms with E-state index in [1.807, 2.05) is 6.07 Å². The highest BCUT2D eigenvalue weighted by molar-refractivity contribution is 5.76. The molecule has 1 aromatic heterocycles. The molecule has 1 amide bonds. The monoisotopic (exact) mass is 235 g/mol. The minimum Gasteiger partial charge on any atom is -0.408 e. The molecule has 0 saturated heterocycles. The molecule has 0 radical (unpaired) electrons. The molecule has 0 atom stereocenters. The van der Waals surface area contributed by atoms with Crippen molar-refractivity contribution in [1.82, 2.24) is 15.8 Å². The van der Waals surface area contributed by atoms with Crippen LogP contribution in [0.4, 0.5) is 0 Å². The molecule has 2 aromatic rings. The molecular weight excluding hydrogens is 222 g/mol. The van der Waals surface area contributed by atoms with Crippen LogP contribution < -0.4 is 16.6 Å². The van der Waals surface area contributed by atoms with Crippen LogP contribution in [0, 0.1) is 0 Å². The lowest BCUT2D eigenvalue weighted by Gasteiger charge is -2.02. The number of hydrogen-bond acceptors (Lipinski definition) is 4. The standard InChI is InChI=1S/C11H13N3O3/c1-12-14-10(15)5-3-7-2-4-8-9(6-7)17-11(16)13-8/h2,4,6,12H,3,5H2,1H3,(H,13,16)(H,14,15). The lowest BCUT2D eigenvalue weighted by atomic mass is 10.1. The van der Waals surface area contributed by atoms with E-state index in [0.29, 0.717) is 23.9 Å². The number of fused-ring (bicyclic) bond motifs is 1. The van der Waals surface area contributed by atoms with E-state index in [2.05, 4.69) is 15.8 Å². The van der Waals surface area contributed by atoms with Crippen LogP contribution in [0.3, 0.4) is 0 Å². The Labute approximate surface area is 97.0 Å². The van der Waals surface area contributed by atoms with Gasteiger partial charge in [0.2, 0.25) is 5.91 Å². The third-order valence-electron chi connectivity index (χ3n) is 2.39. The fourth-order valence-electron chi connectivity index (χ4n) is 1.61. The second-order valence-electron chi connectivity index (χ2n) is 3.64. The van der Waals surface area contributed by atoms with Gasteiger partial charge >= 0.3 is 5.76 Å². The number of amides is 1. The van der Waals surface area contributed by atoms with Gasteiger partial charge in [-0.1, -0.05) is 6.07 Å². The van der Waals surface area contributed by atoms with Crippen LogP contribution in [0.1, 0.15) is 12.0 Å². The van der Waals surface area contributed by atoms with Crippen molar-refractivity contribution in [1.29, 1.82) is 0 Å². The molecule has 0 unspecified atom stereocenters.